The van der Waals surface area contributed by atoms with Gasteiger partial charge in [0.2, 0.25) is 0 Å². The zero-order valence-electron chi connectivity index (χ0n) is 17.9. The van der Waals surface area contributed by atoms with Gasteiger partial charge in [0.15, 0.2) is 5.75 Å². The normalized spacial score (nSPS) is 11.2. The highest BCUT2D eigenvalue weighted by Crippen LogP contribution is 2.28. The van der Waals surface area contributed by atoms with E-state index in [0.29, 0.717) is 22.3 Å². The molecule has 0 atom stereocenters. The lowest BCUT2D eigenvalue weighted by Crippen LogP contribution is -2.20. The van der Waals surface area contributed by atoms with Crippen molar-refractivity contribution < 1.29 is 9.66 Å². The van der Waals surface area contributed by atoms with E-state index in [-0.39, 0.29) is 23.6 Å². The summed E-state index contributed by atoms with van der Waals surface area (Å²) < 4.78 is 7.62. The number of nitro benzene ring substituents is 1. The maximum atomic E-state index is 12.9. The van der Waals surface area contributed by atoms with E-state index >= 15 is 0 Å². The molecule has 0 aliphatic rings. The van der Waals surface area contributed by atoms with Crippen LogP contribution in [0.2, 0.25) is 0 Å². The fourth-order valence-corrected chi connectivity index (χ4v) is 3.72. The number of halogens is 1. The summed E-state index contributed by atoms with van der Waals surface area (Å²) in [6.07, 6.45) is 1.39. The number of fused-ring (bicyclic) bond motifs is 1. The van der Waals surface area contributed by atoms with Crippen LogP contribution in [0.5, 0.6) is 5.75 Å². The van der Waals surface area contributed by atoms with Crippen LogP contribution < -0.4 is 10.3 Å². The summed E-state index contributed by atoms with van der Waals surface area (Å²) in [6.45, 7) is 3.85. The lowest BCUT2D eigenvalue weighted by molar-refractivity contribution is -0.385. The minimum absolute atomic E-state index is 0.157. The SMILES string of the molecule is Cc1cccc(COc2ccc(C=Nn3c(C)nc4ccc(Br)cc4c3=O)cc2[N+](=O)[O-])c1. The molecular formula is C24H19BrN4O4. The van der Waals surface area contributed by atoms with E-state index in [9.17, 15) is 14.9 Å². The van der Waals surface area contributed by atoms with Crippen molar-refractivity contribution in [3.05, 3.63) is 108 Å². The molecule has 4 aromatic rings. The Morgan fingerprint density at radius 3 is 2.73 bits per heavy atom. The van der Waals surface area contributed by atoms with Crippen molar-refractivity contribution >= 4 is 38.7 Å². The van der Waals surface area contributed by atoms with Gasteiger partial charge in [0, 0.05) is 16.1 Å². The molecule has 1 aromatic heterocycles. The van der Waals surface area contributed by atoms with Crippen LogP contribution in [0.1, 0.15) is 22.5 Å². The molecule has 0 radical (unpaired) electrons. The predicted octanol–water partition coefficient (Wildman–Crippen LogP) is 5.15. The number of aryl methyl sites for hydroxylation is 2. The summed E-state index contributed by atoms with van der Waals surface area (Å²) in [5.74, 6) is 0.558. The first kappa shape index (κ1) is 22.3. The van der Waals surface area contributed by atoms with Gasteiger partial charge in [0.25, 0.3) is 5.56 Å². The summed E-state index contributed by atoms with van der Waals surface area (Å²) in [4.78, 5) is 28.4. The Hall–Kier alpha value is -3.85. The summed E-state index contributed by atoms with van der Waals surface area (Å²) in [5.41, 5.74) is 2.50. The molecule has 9 heteroatoms. The van der Waals surface area contributed by atoms with Crippen LogP contribution in [0.15, 0.2) is 75.0 Å². The lowest BCUT2D eigenvalue weighted by Gasteiger charge is -2.08. The third kappa shape index (κ3) is 4.98. The smallest absolute Gasteiger partial charge is 0.311 e. The number of benzene rings is 3. The van der Waals surface area contributed by atoms with Crippen molar-refractivity contribution in [1.29, 1.82) is 0 Å². The molecule has 0 fully saturated rings. The molecule has 0 bridgehead atoms. The largest absolute Gasteiger partial charge is 0.482 e. The highest BCUT2D eigenvalue weighted by molar-refractivity contribution is 9.10. The van der Waals surface area contributed by atoms with E-state index in [2.05, 4.69) is 26.0 Å². The second-order valence-electron chi connectivity index (χ2n) is 7.44. The third-order valence-electron chi connectivity index (χ3n) is 4.95. The average molecular weight is 507 g/mol. The van der Waals surface area contributed by atoms with Crippen LogP contribution in [0.4, 0.5) is 5.69 Å². The monoisotopic (exact) mass is 506 g/mol. The van der Waals surface area contributed by atoms with Crippen LogP contribution in [0.25, 0.3) is 10.9 Å². The van der Waals surface area contributed by atoms with E-state index in [4.69, 9.17) is 4.74 Å². The summed E-state index contributed by atoms with van der Waals surface area (Å²) >= 11 is 3.35. The van der Waals surface area contributed by atoms with Gasteiger partial charge in [-0.2, -0.15) is 9.78 Å². The van der Waals surface area contributed by atoms with Crippen molar-refractivity contribution in [3.8, 4) is 5.75 Å². The molecular weight excluding hydrogens is 488 g/mol. The van der Waals surface area contributed by atoms with Crippen molar-refractivity contribution in [2.24, 2.45) is 5.10 Å². The summed E-state index contributed by atoms with van der Waals surface area (Å²) in [6, 6.07) is 17.5. The van der Waals surface area contributed by atoms with Gasteiger partial charge in [-0.15, -0.1) is 0 Å². The highest BCUT2D eigenvalue weighted by Gasteiger charge is 2.16. The Bertz CT molecular complexity index is 1460. The summed E-state index contributed by atoms with van der Waals surface area (Å²) in [7, 11) is 0. The molecule has 8 nitrogen and oxygen atoms in total. The van der Waals surface area contributed by atoms with E-state index in [1.807, 2.05) is 37.3 Å². The molecule has 0 unspecified atom stereocenters. The molecule has 0 N–H and O–H groups in total. The number of nitrogens with zero attached hydrogens (tertiary/aromatic N) is 4. The molecule has 4 rings (SSSR count). The second-order valence-corrected chi connectivity index (χ2v) is 8.36. The third-order valence-corrected chi connectivity index (χ3v) is 5.44. The minimum Gasteiger partial charge on any atom is -0.482 e. The molecule has 0 amide bonds. The van der Waals surface area contributed by atoms with E-state index in [0.717, 1.165) is 15.6 Å². The Labute approximate surface area is 197 Å². The molecule has 0 spiro atoms. The number of hydrogen-bond acceptors (Lipinski definition) is 6. The van der Waals surface area contributed by atoms with Crippen LogP contribution in [0, 0.1) is 24.0 Å². The maximum Gasteiger partial charge on any atom is 0.311 e. The van der Waals surface area contributed by atoms with Crippen LogP contribution in [-0.4, -0.2) is 20.8 Å². The van der Waals surface area contributed by atoms with Gasteiger partial charge in [-0.25, -0.2) is 4.98 Å². The molecule has 33 heavy (non-hydrogen) atoms. The average Bonchev–Trinajstić information content (AvgIpc) is 2.78. The molecule has 0 saturated heterocycles. The van der Waals surface area contributed by atoms with Gasteiger partial charge in [-0.05, 0) is 49.7 Å². The Morgan fingerprint density at radius 1 is 1.15 bits per heavy atom. The fraction of sp³-hybridized carbons (Fsp3) is 0.125. The second kappa shape index (κ2) is 9.33. The van der Waals surface area contributed by atoms with Gasteiger partial charge in [-0.3, -0.25) is 14.9 Å². The van der Waals surface area contributed by atoms with Crippen molar-refractivity contribution in [2.75, 3.05) is 0 Å². The van der Waals surface area contributed by atoms with Crippen molar-refractivity contribution in [2.45, 2.75) is 20.5 Å². The number of rotatable bonds is 6. The van der Waals surface area contributed by atoms with E-state index < -0.39 is 4.92 Å². The zero-order chi connectivity index (χ0) is 23.5. The van der Waals surface area contributed by atoms with E-state index in [1.54, 1.807) is 25.1 Å². The zero-order valence-corrected chi connectivity index (χ0v) is 19.4. The number of hydrogen-bond donors (Lipinski definition) is 0. The number of nitro groups is 1. The molecule has 0 aliphatic heterocycles. The molecule has 166 valence electrons. The minimum atomic E-state index is -0.505. The lowest BCUT2D eigenvalue weighted by atomic mass is 10.1. The first-order valence-electron chi connectivity index (χ1n) is 10.0. The van der Waals surface area contributed by atoms with Gasteiger partial charge in [-0.1, -0.05) is 45.8 Å². The molecule has 3 aromatic carbocycles. The van der Waals surface area contributed by atoms with Gasteiger partial charge in [0.1, 0.15) is 12.4 Å². The van der Waals surface area contributed by atoms with E-state index in [1.165, 1.54) is 23.0 Å². The maximum absolute atomic E-state index is 12.9. The van der Waals surface area contributed by atoms with Crippen LogP contribution >= 0.6 is 15.9 Å². The molecule has 0 saturated carbocycles. The first-order chi connectivity index (χ1) is 15.8. The number of aromatic nitrogens is 2. The highest BCUT2D eigenvalue weighted by atomic mass is 79.9. The Balaban J connectivity index is 1.63. The Kier molecular flexibility index (Phi) is 6.32. The van der Waals surface area contributed by atoms with Gasteiger partial charge < -0.3 is 4.74 Å². The van der Waals surface area contributed by atoms with Gasteiger partial charge in [0.05, 0.1) is 22.0 Å². The van der Waals surface area contributed by atoms with Gasteiger partial charge >= 0.3 is 5.69 Å². The van der Waals surface area contributed by atoms with Crippen molar-refractivity contribution in [3.63, 3.8) is 0 Å². The quantitative estimate of drug-likeness (QED) is 0.204. The summed E-state index contributed by atoms with van der Waals surface area (Å²) in [5, 5.41) is 16.3. The predicted molar refractivity (Wildman–Crippen MR) is 130 cm³/mol. The van der Waals surface area contributed by atoms with Crippen molar-refractivity contribution in [1.82, 2.24) is 9.66 Å². The standard InChI is InChI=1S/C24H19BrN4O4/c1-15-4-3-5-18(10-15)14-33-23-9-6-17(11-22(23)29(31)32)13-26-28-16(2)27-21-8-7-19(25)12-20(21)24(28)30/h3-13H,14H2,1-2H3. The first-order valence-corrected chi connectivity index (χ1v) is 10.8. The molecule has 0 aliphatic carbocycles. The topological polar surface area (TPSA) is 99.6 Å². The molecule has 1 heterocycles. The number of ether oxygens (including phenoxy) is 1. The fourth-order valence-electron chi connectivity index (χ4n) is 3.36. The Morgan fingerprint density at radius 2 is 1.97 bits per heavy atom. The van der Waals surface area contributed by atoms with Crippen LogP contribution in [-0.2, 0) is 6.61 Å². The van der Waals surface area contributed by atoms with Crippen LogP contribution in [0.3, 0.4) is 0 Å².